The van der Waals surface area contributed by atoms with E-state index in [0.29, 0.717) is 16.2 Å². The van der Waals surface area contributed by atoms with Crippen LogP contribution < -0.4 is 9.64 Å². The molecular weight excluding hydrogens is 389 g/mol. The van der Waals surface area contributed by atoms with Gasteiger partial charge in [-0.1, -0.05) is 30.3 Å². The van der Waals surface area contributed by atoms with Crippen LogP contribution in [0.5, 0.6) is 5.75 Å². The van der Waals surface area contributed by atoms with E-state index in [4.69, 9.17) is 4.74 Å². The third kappa shape index (κ3) is 4.23. The molecule has 152 valence electrons. The van der Waals surface area contributed by atoms with Gasteiger partial charge in [0.25, 0.3) is 5.91 Å². The van der Waals surface area contributed by atoms with E-state index in [1.165, 1.54) is 43.5 Å². The minimum atomic E-state index is -5.18. The maximum atomic E-state index is 13.2. The number of rotatable bonds is 5. The summed E-state index contributed by atoms with van der Waals surface area (Å²) in [5.74, 6) is -3.22. The van der Waals surface area contributed by atoms with E-state index in [0.717, 1.165) is 4.90 Å². The predicted molar refractivity (Wildman–Crippen MR) is 96.9 cm³/mol. The van der Waals surface area contributed by atoms with Crippen LogP contribution in [0.3, 0.4) is 0 Å². The highest BCUT2D eigenvalue weighted by Gasteiger charge is 2.50. The number of alkyl halides is 3. The highest BCUT2D eigenvalue weighted by atomic mass is 19.4. The Labute approximate surface area is 164 Å². The van der Waals surface area contributed by atoms with Gasteiger partial charge in [0, 0.05) is 6.54 Å². The highest BCUT2D eigenvalue weighted by Crippen LogP contribution is 2.30. The molecule has 1 heterocycles. The fourth-order valence-electron chi connectivity index (χ4n) is 3.12. The summed E-state index contributed by atoms with van der Waals surface area (Å²) in [6.45, 7) is -0.478. The van der Waals surface area contributed by atoms with Crippen molar-refractivity contribution in [1.29, 1.82) is 0 Å². The van der Waals surface area contributed by atoms with E-state index in [-0.39, 0.29) is 5.69 Å². The molecule has 29 heavy (non-hydrogen) atoms. The van der Waals surface area contributed by atoms with Crippen molar-refractivity contribution in [3.05, 3.63) is 60.2 Å². The summed E-state index contributed by atoms with van der Waals surface area (Å²) in [4.78, 5) is 38.5. The van der Waals surface area contributed by atoms with Crippen LogP contribution in [0, 0.1) is 0 Å². The lowest BCUT2D eigenvalue weighted by molar-refractivity contribution is -0.188. The minimum Gasteiger partial charge on any atom is -0.497 e. The number of amides is 3. The number of anilines is 1. The van der Waals surface area contributed by atoms with Gasteiger partial charge in [0.2, 0.25) is 5.91 Å². The first-order chi connectivity index (χ1) is 13.7. The summed E-state index contributed by atoms with van der Waals surface area (Å²) in [7, 11) is 1.44. The Bertz CT molecular complexity index is 914. The molecule has 6 nitrogen and oxygen atoms in total. The Balaban J connectivity index is 1.92. The number of benzene rings is 2. The summed E-state index contributed by atoms with van der Waals surface area (Å²) in [5.41, 5.74) is 0.607. The lowest BCUT2D eigenvalue weighted by Gasteiger charge is -2.28. The molecule has 9 heteroatoms. The highest BCUT2D eigenvalue weighted by molar-refractivity contribution is 6.23. The van der Waals surface area contributed by atoms with Crippen molar-refractivity contribution >= 4 is 23.4 Å². The van der Waals surface area contributed by atoms with Crippen molar-refractivity contribution in [1.82, 2.24) is 4.90 Å². The van der Waals surface area contributed by atoms with Gasteiger partial charge < -0.3 is 9.64 Å². The van der Waals surface area contributed by atoms with E-state index in [9.17, 15) is 27.6 Å². The minimum absolute atomic E-state index is 0.244. The van der Waals surface area contributed by atoms with Crippen LogP contribution in [0.4, 0.5) is 18.9 Å². The van der Waals surface area contributed by atoms with Crippen LogP contribution in [0.1, 0.15) is 12.0 Å². The first-order valence-electron chi connectivity index (χ1n) is 8.65. The summed E-state index contributed by atoms with van der Waals surface area (Å²) < 4.78 is 44.6. The number of nitrogens with zero attached hydrogens (tertiary/aromatic N) is 2. The van der Waals surface area contributed by atoms with Crippen molar-refractivity contribution in [2.45, 2.75) is 25.2 Å². The molecule has 0 spiro atoms. The Morgan fingerprint density at radius 1 is 1.10 bits per heavy atom. The summed E-state index contributed by atoms with van der Waals surface area (Å²) in [6, 6.07) is 12.4. The molecule has 3 rings (SSSR count). The molecule has 1 atom stereocenters. The van der Waals surface area contributed by atoms with Crippen LogP contribution in [0.25, 0.3) is 0 Å². The second-order valence-corrected chi connectivity index (χ2v) is 6.40. The average Bonchev–Trinajstić information content (AvgIpc) is 3.00. The number of ether oxygens (including phenoxy) is 1. The summed E-state index contributed by atoms with van der Waals surface area (Å²) >= 11 is 0. The largest absolute Gasteiger partial charge is 0.497 e. The zero-order valence-corrected chi connectivity index (χ0v) is 15.3. The Morgan fingerprint density at radius 3 is 2.28 bits per heavy atom. The first kappa shape index (κ1) is 20.4. The van der Waals surface area contributed by atoms with Crippen LogP contribution in [0.2, 0.25) is 0 Å². The topological polar surface area (TPSA) is 66.9 Å². The van der Waals surface area contributed by atoms with Gasteiger partial charge in [-0.25, -0.2) is 4.90 Å². The van der Waals surface area contributed by atoms with Gasteiger partial charge in [-0.2, -0.15) is 13.2 Å². The average molecular weight is 406 g/mol. The summed E-state index contributed by atoms with van der Waals surface area (Å²) in [5, 5.41) is 0. The van der Waals surface area contributed by atoms with Gasteiger partial charge in [0.05, 0.1) is 19.2 Å². The zero-order valence-electron chi connectivity index (χ0n) is 15.3. The molecule has 3 amide bonds. The number of halogens is 3. The monoisotopic (exact) mass is 406 g/mol. The predicted octanol–water partition coefficient (Wildman–Crippen LogP) is 2.92. The molecule has 2 aromatic rings. The molecular formula is C20H17F3N2O4. The van der Waals surface area contributed by atoms with E-state index in [1.807, 2.05) is 0 Å². The third-order valence-corrected chi connectivity index (χ3v) is 4.53. The Kier molecular flexibility index (Phi) is 5.58. The molecule has 0 N–H and O–H groups in total. The second kappa shape index (κ2) is 7.94. The molecule has 0 saturated carbocycles. The maximum absolute atomic E-state index is 13.2. The standard InChI is InChI=1S/C20H17F3N2O4/c1-29-15-9-7-13(8-10-15)12-24(19(28)20(21,22)23)16-11-17(26)25(18(16)27)14-5-3-2-4-6-14/h2-10,16H,11-12H2,1H3/t16-/m1/s1. The molecule has 2 aromatic carbocycles. The van der Waals surface area contributed by atoms with E-state index >= 15 is 0 Å². The summed E-state index contributed by atoms with van der Waals surface area (Å²) in [6.07, 6.45) is -5.71. The number of para-hydroxylation sites is 1. The molecule has 1 aliphatic heterocycles. The van der Waals surface area contributed by atoms with Gasteiger partial charge in [-0.05, 0) is 29.8 Å². The third-order valence-electron chi connectivity index (χ3n) is 4.53. The van der Waals surface area contributed by atoms with E-state index in [2.05, 4.69) is 0 Å². The second-order valence-electron chi connectivity index (χ2n) is 6.40. The molecule has 0 radical (unpaired) electrons. The van der Waals surface area contributed by atoms with Crippen LogP contribution >= 0.6 is 0 Å². The smallest absolute Gasteiger partial charge is 0.471 e. The van der Waals surface area contributed by atoms with Crippen molar-refractivity contribution in [2.75, 3.05) is 12.0 Å². The van der Waals surface area contributed by atoms with Crippen molar-refractivity contribution in [3.63, 3.8) is 0 Å². The molecule has 0 aromatic heterocycles. The Morgan fingerprint density at radius 2 is 1.72 bits per heavy atom. The van der Waals surface area contributed by atoms with Gasteiger partial charge in [0.15, 0.2) is 0 Å². The SMILES string of the molecule is COc1ccc(CN(C(=O)C(F)(F)F)[C@@H]2CC(=O)N(c3ccccc3)C2=O)cc1. The van der Waals surface area contributed by atoms with E-state index in [1.54, 1.807) is 18.2 Å². The number of imide groups is 1. The number of carbonyl (C=O) groups excluding carboxylic acids is 3. The number of hydrogen-bond acceptors (Lipinski definition) is 4. The normalized spacial score (nSPS) is 16.8. The maximum Gasteiger partial charge on any atom is 0.471 e. The fraction of sp³-hybridized carbons (Fsp3) is 0.250. The van der Waals surface area contributed by atoms with Gasteiger partial charge in [0.1, 0.15) is 11.8 Å². The molecule has 1 fully saturated rings. The molecule has 0 unspecified atom stereocenters. The van der Waals surface area contributed by atoms with Gasteiger partial charge in [-0.15, -0.1) is 0 Å². The van der Waals surface area contributed by atoms with Crippen LogP contribution in [-0.2, 0) is 20.9 Å². The molecule has 0 bridgehead atoms. The fourth-order valence-corrected chi connectivity index (χ4v) is 3.12. The van der Waals surface area contributed by atoms with Gasteiger partial charge >= 0.3 is 12.1 Å². The number of methoxy groups -OCH3 is 1. The lowest BCUT2D eigenvalue weighted by atomic mass is 10.1. The molecule has 1 aliphatic rings. The number of carbonyl (C=O) groups is 3. The first-order valence-corrected chi connectivity index (χ1v) is 8.65. The van der Waals surface area contributed by atoms with E-state index < -0.39 is 42.9 Å². The molecule has 0 aliphatic carbocycles. The van der Waals surface area contributed by atoms with Gasteiger partial charge in [-0.3, -0.25) is 14.4 Å². The van der Waals surface area contributed by atoms with Crippen LogP contribution in [-0.4, -0.2) is 41.9 Å². The quantitative estimate of drug-likeness (QED) is 0.717. The lowest BCUT2D eigenvalue weighted by Crippen LogP contribution is -2.49. The van der Waals surface area contributed by atoms with Crippen LogP contribution in [0.15, 0.2) is 54.6 Å². The van der Waals surface area contributed by atoms with Crippen molar-refractivity contribution < 1.29 is 32.3 Å². The van der Waals surface area contributed by atoms with Crippen molar-refractivity contribution in [2.24, 2.45) is 0 Å². The number of hydrogen-bond donors (Lipinski definition) is 0. The molecule has 1 saturated heterocycles. The zero-order chi connectivity index (χ0) is 21.2. The van der Waals surface area contributed by atoms with Crippen molar-refractivity contribution in [3.8, 4) is 5.75 Å². The Hall–Kier alpha value is -3.36.